The van der Waals surface area contributed by atoms with Crippen molar-refractivity contribution in [1.29, 1.82) is 0 Å². The van der Waals surface area contributed by atoms with Crippen LogP contribution in [0.25, 0.3) is 6.08 Å². The van der Waals surface area contributed by atoms with Crippen LogP contribution in [0.2, 0.25) is 5.02 Å². The van der Waals surface area contributed by atoms with Gasteiger partial charge in [0.05, 0.1) is 0 Å². The minimum atomic E-state index is 0.677. The first-order valence-corrected chi connectivity index (χ1v) is 12.8. The van der Waals surface area contributed by atoms with E-state index in [1.807, 2.05) is 0 Å². The van der Waals surface area contributed by atoms with Gasteiger partial charge in [0.25, 0.3) is 0 Å². The molecule has 0 saturated heterocycles. The van der Waals surface area contributed by atoms with E-state index >= 15 is 0 Å². The predicted octanol–water partition coefficient (Wildman–Crippen LogP) is 8.86. The highest BCUT2D eigenvalue weighted by atomic mass is 35.5. The SMILES string of the molecule is CCCCCCN(C/C=C/c1ccc(C2CCCCC2)c(Cl)c1)CCCCCC. The third-order valence-corrected chi connectivity index (χ3v) is 6.73. The Morgan fingerprint density at radius 1 is 0.897 bits per heavy atom. The Morgan fingerprint density at radius 3 is 2.14 bits per heavy atom. The summed E-state index contributed by atoms with van der Waals surface area (Å²) in [6.07, 6.45) is 22.1. The Bertz CT molecular complexity index is 562. The molecule has 29 heavy (non-hydrogen) atoms. The second-order valence-electron chi connectivity index (χ2n) is 8.94. The summed E-state index contributed by atoms with van der Waals surface area (Å²) in [5.41, 5.74) is 2.61. The first-order chi connectivity index (χ1) is 14.2. The Labute approximate surface area is 185 Å². The molecule has 2 rings (SSSR count). The summed E-state index contributed by atoms with van der Waals surface area (Å²) in [5.74, 6) is 0.677. The van der Waals surface area contributed by atoms with Gasteiger partial charge in [-0.25, -0.2) is 0 Å². The largest absolute Gasteiger partial charge is 0.300 e. The molecule has 0 spiro atoms. The Kier molecular flexibility index (Phi) is 12.7. The zero-order valence-corrected chi connectivity index (χ0v) is 19.9. The third-order valence-electron chi connectivity index (χ3n) is 6.40. The van der Waals surface area contributed by atoms with Gasteiger partial charge < -0.3 is 0 Å². The maximum absolute atomic E-state index is 6.66. The van der Waals surface area contributed by atoms with E-state index in [2.05, 4.69) is 49.1 Å². The molecular weight excluding hydrogens is 374 g/mol. The minimum Gasteiger partial charge on any atom is -0.300 e. The van der Waals surface area contributed by atoms with Crippen LogP contribution in [0.5, 0.6) is 0 Å². The van der Waals surface area contributed by atoms with Crippen molar-refractivity contribution in [3.8, 4) is 0 Å². The van der Waals surface area contributed by atoms with E-state index in [0.29, 0.717) is 5.92 Å². The lowest BCUT2D eigenvalue weighted by atomic mass is 9.84. The molecule has 0 bridgehead atoms. The van der Waals surface area contributed by atoms with Crippen LogP contribution in [-0.4, -0.2) is 24.5 Å². The van der Waals surface area contributed by atoms with Crippen molar-refractivity contribution in [2.75, 3.05) is 19.6 Å². The molecule has 1 aromatic rings. The van der Waals surface area contributed by atoms with Crippen molar-refractivity contribution in [2.24, 2.45) is 0 Å². The quantitative estimate of drug-likeness (QED) is 0.273. The molecule has 1 aromatic carbocycles. The summed E-state index contributed by atoms with van der Waals surface area (Å²) < 4.78 is 0. The van der Waals surface area contributed by atoms with Gasteiger partial charge >= 0.3 is 0 Å². The fourth-order valence-corrected chi connectivity index (χ4v) is 4.89. The lowest BCUT2D eigenvalue weighted by Crippen LogP contribution is -2.26. The van der Waals surface area contributed by atoms with Crippen LogP contribution in [0, 0.1) is 0 Å². The van der Waals surface area contributed by atoms with Crippen molar-refractivity contribution in [2.45, 2.75) is 103 Å². The highest BCUT2D eigenvalue weighted by molar-refractivity contribution is 6.31. The molecule has 164 valence electrons. The number of benzene rings is 1. The molecule has 0 radical (unpaired) electrons. The van der Waals surface area contributed by atoms with Gasteiger partial charge in [0.1, 0.15) is 0 Å². The van der Waals surface area contributed by atoms with E-state index in [1.165, 1.54) is 108 Å². The molecule has 0 aromatic heterocycles. The standard InChI is InChI=1S/C27H44ClN/c1-3-5-7-12-20-29(21-13-8-6-4-2)22-14-15-24-18-19-26(27(28)23-24)25-16-10-9-11-17-25/h14-15,18-19,23,25H,3-13,16-17,20-22H2,1-2H3/b15-14+. The van der Waals surface area contributed by atoms with Crippen molar-refractivity contribution < 1.29 is 0 Å². The predicted molar refractivity (Wildman–Crippen MR) is 131 cm³/mol. The number of hydrogen-bond donors (Lipinski definition) is 0. The van der Waals surface area contributed by atoms with Crippen LogP contribution in [0.1, 0.15) is 114 Å². The fourth-order valence-electron chi connectivity index (χ4n) is 4.55. The summed E-state index contributed by atoms with van der Waals surface area (Å²) in [4.78, 5) is 2.64. The molecule has 0 unspecified atom stereocenters. The first-order valence-electron chi connectivity index (χ1n) is 12.4. The molecule has 1 fully saturated rings. The van der Waals surface area contributed by atoms with Crippen molar-refractivity contribution in [3.05, 3.63) is 40.4 Å². The minimum absolute atomic E-state index is 0.677. The molecule has 0 atom stereocenters. The molecule has 0 heterocycles. The fraction of sp³-hybridized carbons (Fsp3) is 0.704. The Morgan fingerprint density at radius 2 is 1.55 bits per heavy atom. The van der Waals surface area contributed by atoms with Crippen LogP contribution in [0.15, 0.2) is 24.3 Å². The Hall–Kier alpha value is -0.790. The monoisotopic (exact) mass is 417 g/mol. The van der Waals surface area contributed by atoms with E-state index in [0.717, 1.165) is 11.6 Å². The average molecular weight is 418 g/mol. The van der Waals surface area contributed by atoms with Crippen LogP contribution >= 0.6 is 11.6 Å². The second-order valence-corrected chi connectivity index (χ2v) is 9.35. The van der Waals surface area contributed by atoms with Crippen molar-refractivity contribution >= 4 is 17.7 Å². The zero-order valence-electron chi connectivity index (χ0n) is 19.1. The maximum atomic E-state index is 6.66. The van der Waals surface area contributed by atoms with Gasteiger partial charge in [-0.05, 0) is 61.9 Å². The lowest BCUT2D eigenvalue weighted by Gasteiger charge is -2.23. The van der Waals surface area contributed by atoms with E-state index < -0.39 is 0 Å². The van der Waals surface area contributed by atoms with Gasteiger partial charge in [-0.15, -0.1) is 0 Å². The summed E-state index contributed by atoms with van der Waals surface area (Å²) in [7, 11) is 0. The second kappa shape index (κ2) is 15.1. The number of rotatable bonds is 14. The van der Waals surface area contributed by atoms with Gasteiger partial charge in [0.15, 0.2) is 0 Å². The highest BCUT2D eigenvalue weighted by Crippen LogP contribution is 2.36. The highest BCUT2D eigenvalue weighted by Gasteiger charge is 2.17. The normalized spacial score (nSPS) is 15.6. The topological polar surface area (TPSA) is 3.24 Å². The molecule has 1 aliphatic carbocycles. The van der Waals surface area contributed by atoms with E-state index in [9.17, 15) is 0 Å². The van der Waals surface area contributed by atoms with Gasteiger partial charge in [-0.3, -0.25) is 4.90 Å². The van der Waals surface area contributed by atoms with Gasteiger partial charge in [-0.2, -0.15) is 0 Å². The Balaban J connectivity index is 1.85. The summed E-state index contributed by atoms with van der Waals surface area (Å²) in [5, 5.41) is 0.968. The summed E-state index contributed by atoms with van der Waals surface area (Å²) in [6, 6.07) is 6.72. The van der Waals surface area contributed by atoms with E-state index in [4.69, 9.17) is 11.6 Å². The van der Waals surface area contributed by atoms with Gasteiger partial charge in [0, 0.05) is 11.6 Å². The molecular formula is C27H44ClN. The maximum Gasteiger partial charge on any atom is 0.0446 e. The smallest absolute Gasteiger partial charge is 0.0446 e. The van der Waals surface area contributed by atoms with Crippen LogP contribution in [0.3, 0.4) is 0 Å². The van der Waals surface area contributed by atoms with E-state index in [-0.39, 0.29) is 0 Å². The molecule has 1 aliphatic rings. The molecule has 1 nitrogen and oxygen atoms in total. The number of hydrogen-bond acceptors (Lipinski definition) is 1. The van der Waals surface area contributed by atoms with Crippen LogP contribution < -0.4 is 0 Å². The van der Waals surface area contributed by atoms with E-state index in [1.54, 1.807) is 0 Å². The summed E-state index contributed by atoms with van der Waals surface area (Å²) >= 11 is 6.66. The van der Waals surface area contributed by atoms with Crippen LogP contribution in [-0.2, 0) is 0 Å². The molecule has 0 aliphatic heterocycles. The molecule has 2 heteroatoms. The number of halogens is 1. The first kappa shape index (κ1) is 24.5. The molecule has 0 N–H and O–H groups in total. The zero-order chi connectivity index (χ0) is 20.7. The van der Waals surface area contributed by atoms with Gasteiger partial charge in [-0.1, -0.05) is 108 Å². The van der Waals surface area contributed by atoms with Crippen molar-refractivity contribution in [3.63, 3.8) is 0 Å². The average Bonchev–Trinajstić information content (AvgIpc) is 2.74. The number of nitrogens with zero attached hydrogens (tertiary/aromatic N) is 1. The number of unbranched alkanes of at least 4 members (excludes halogenated alkanes) is 6. The lowest BCUT2D eigenvalue weighted by molar-refractivity contribution is 0.287. The summed E-state index contributed by atoms with van der Waals surface area (Å²) in [6.45, 7) is 8.10. The van der Waals surface area contributed by atoms with Gasteiger partial charge in [0.2, 0.25) is 0 Å². The molecule has 1 saturated carbocycles. The third kappa shape index (κ3) is 9.71. The van der Waals surface area contributed by atoms with Crippen LogP contribution in [0.4, 0.5) is 0 Å². The van der Waals surface area contributed by atoms with Crippen molar-refractivity contribution in [1.82, 2.24) is 4.90 Å². The molecule has 0 amide bonds.